The molecule has 60 valence electrons. The lowest BCUT2D eigenvalue weighted by Crippen LogP contribution is -2.11. The predicted octanol–water partition coefficient (Wildman–Crippen LogP) is 0.218. The molecular weight excluding hydrogens is 142 g/mol. The molecule has 11 heavy (non-hydrogen) atoms. The standard InChI is InChI=1S/C8H11NO2/c1-6-7(3-5-10)2-4-9-8(6)11/h2,4,10H,3,5H2,1H3,(H,9,11). The number of hydrogen-bond acceptors (Lipinski definition) is 2. The highest BCUT2D eigenvalue weighted by Gasteiger charge is 1.99. The number of nitrogens with one attached hydrogen (secondary N) is 1. The molecule has 0 unspecified atom stereocenters. The molecule has 0 fully saturated rings. The van der Waals surface area contributed by atoms with E-state index in [2.05, 4.69) is 4.98 Å². The van der Waals surface area contributed by atoms with Gasteiger partial charge in [0.15, 0.2) is 0 Å². The molecule has 0 saturated carbocycles. The zero-order chi connectivity index (χ0) is 8.27. The van der Waals surface area contributed by atoms with Crippen LogP contribution in [0.2, 0.25) is 0 Å². The van der Waals surface area contributed by atoms with Crippen molar-refractivity contribution < 1.29 is 5.11 Å². The van der Waals surface area contributed by atoms with Crippen molar-refractivity contribution in [3.05, 3.63) is 33.7 Å². The molecule has 0 aliphatic heterocycles. The van der Waals surface area contributed by atoms with Crippen molar-refractivity contribution in [1.29, 1.82) is 0 Å². The van der Waals surface area contributed by atoms with E-state index in [1.807, 2.05) is 6.07 Å². The molecule has 0 amide bonds. The van der Waals surface area contributed by atoms with E-state index in [0.29, 0.717) is 12.0 Å². The summed E-state index contributed by atoms with van der Waals surface area (Å²) in [6.07, 6.45) is 2.15. The van der Waals surface area contributed by atoms with Gasteiger partial charge in [0.25, 0.3) is 5.56 Å². The maximum Gasteiger partial charge on any atom is 0.251 e. The number of aromatic amines is 1. The van der Waals surface area contributed by atoms with Crippen LogP contribution in [0.5, 0.6) is 0 Å². The Balaban J connectivity index is 3.06. The Morgan fingerprint density at radius 1 is 1.64 bits per heavy atom. The minimum atomic E-state index is -0.0732. The normalized spacial score (nSPS) is 10.0. The van der Waals surface area contributed by atoms with Gasteiger partial charge in [-0.25, -0.2) is 0 Å². The molecule has 1 aromatic heterocycles. The van der Waals surface area contributed by atoms with Gasteiger partial charge in [-0.3, -0.25) is 4.79 Å². The van der Waals surface area contributed by atoms with Gasteiger partial charge < -0.3 is 10.1 Å². The highest BCUT2D eigenvalue weighted by atomic mass is 16.3. The first kappa shape index (κ1) is 8.01. The molecule has 0 aliphatic rings. The molecule has 1 rings (SSSR count). The fraction of sp³-hybridized carbons (Fsp3) is 0.375. The first-order valence-corrected chi connectivity index (χ1v) is 3.53. The third-order valence-corrected chi connectivity index (χ3v) is 1.70. The smallest absolute Gasteiger partial charge is 0.251 e. The lowest BCUT2D eigenvalue weighted by Gasteiger charge is -2.00. The highest BCUT2D eigenvalue weighted by molar-refractivity contribution is 5.21. The third kappa shape index (κ3) is 1.68. The molecule has 0 aromatic carbocycles. The summed E-state index contributed by atoms with van der Waals surface area (Å²) in [6, 6.07) is 1.81. The second-order valence-corrected chi connectivity index (χ2v) is 2.43. The Morgan fingerprint density at radius 3 is 3.00 bits per heavy atom. The van der Waals surface area contributed by atoms with Crippen molar-refractivity contribution in [3.8, 4) is 0 Å². The number of H-pyrrole nitrogens is 1. The number of pyridine rings is 1. The van der Waals surface area contributed by atoms with Crippen LogP contribution >= 0.6 is 0 Å². The summed E-state index contributed by atoms with van der Waals surface area (Å²) in [5.74, 6) is 0. The summed E-state index contributed by atoms with van der Waals surface area (Å²) < 4.78 is 0. The molecule has 2 N–H and O–H groups in total. The fourth-order valence-corrected chi connectivity index (χ4v) is 0.988. The van der Waals surface area contributed by atoms with E-state index in [0.717, 1.165) is 5.56 Å². The number of aliphatic hydroxyl groups is 1. The van der Waals surface area contributed by atoms with Crippen LogP contribution < -0.4 is 5.56 Å². The molecule has 0 saturated heterocycles. The summed E-state index contributed by atoms with van der Waals surface area (Å²) in [5, 5.41) is 8.62. The van der Waals surface area contributed by atoms with Crippen molar-refractivity contribution in [1.82, 2.24) is 4.98 Å². The molecular formula is C8H11NO2. The van der Waals surface area contributed by atoms with Crippen molar-refractivity contribution in [2.75, 3.05) is 6.61 Å². The van der Waals surface area contributed by atoms with Crippen LogP contribution in [0.15, 0.2) is 17.1 Å². The van der Waals surface area contributed by atoms with Crippen LogP contribution in [0, 0.1) is 6.92 Å². The summed E-state index contributed by atoms with van der Waals surface area (Å²) in [7, 11) is 0. The number of aromatic nitrogens is 1. The summed E-state index contributed by atoms with van der Waals surface area (Å²) in [5.41, 5.74) is 1.54. The molecule has 3 heteroatoms. The molecule has 0 radical (unpaired) electrons. The average molecular weight is 153 g/mol. The van der Waals surface area contributed by atoms with Crippen molar-refractivity contribution in [3.63, 3.8) is 0 Å². The lowest BCUT2D eigenvalue weighted by molar-refractivity contribution is 0.299. The van der Waals surface area contributed by atoms with Gasteiger partial charge in [0.1, 0.15) is 0 Å². The van der Waals surface area contributed by atoms with Crippen LogP contribution in [-0.2, 0) is 6.42 Å². The van der Waals surface area contributed by atoms with E-state index >= 15 is 0 Å². The van der Waals surface area contributed by atoms with Gasteiger partial charge in [-0.15, -0.1) is 0 Å². The Bertz CT molecular complexity index is 290. The molecule has 0 aliphatic carbocycles. The summed E-state index contributed by atoms with van der Waals surface area (Å²) in [4.78, 5) is 13.5. The van der Waals surface area contributed by atoms with Crippen LogP contribution in [0.25, 0.3) is 0 Å². The molecule has 0 atom stereocenters. The first-order valence-electron chi connectivity index (χ1n) is 3.53. The first-order chi connectivity index (χ1) is 5.25. The monoisotopic (exact) mass is 153 g/mol. The van der Waals surface area contributed by atoms with Gasteiger partial charge in [0, 0.05) is 18.4 Å². The topological polar surface area (TPSA) is 53.1 Å². The largest absolute Gasteiger partial charge is 0.396 e. The third-order valence-electron chi connectivity index (χ3n) is 1.70. The maximum atomic E-state index is 11.0. The van der Waals surface area contributed by atoms with Gasteiger partial charge in [-0.05, 0) is 25.0 Å². The number of rotatable bonds is 2. The van der Waals surface area contributed by atoms with E-state index in [9.17, 15) is 4.79 Å². The van der Waals surface area contributed by atoms with Crippen molar-refractivity contribution >= 4 is 0 Å². The number of hydrogen-bond donors (Lipinski definition) is 2. The van der Waals surface area contributed by atoms with Gasteiger partial charge in [-0.1, -0.05) is 0 Å². The quantitative estimate of drug-likeness (QED) is 0.638. The van der Waals surface area contributed by atoms with E-state index in [-0.39, 0.29) is 12.2 Å². The second-order valence-electron chi connectivity index (χ2n) is 2.43. The highest BCUT2D eigenvalue weighted by Crippen LogP contribution is 2.00. The van der Waals surface area contributed by atoms with Crippen LogP contribution in [0.4, 0.5) is 0 Å². The minimum Gasteiger partial charge on any atom is -0.396 e. The SMILES string of the molecule is Cc1c(CCO)cc[nH]c1=O. The lowest BCUT2D eigenvalue weighted by atomic mass is 10.1. The maximum absolute atomic E-state index is 11.0. The Labute approximate surface area is 64.7 Å². The van der Waals surface area contributed by atoms with Gasteiger partial charge in [0.05, 0.1) is 0 Å². The van der Waals surface area contributed by atoms with Crippen LogP contribution in [0.1, 0.15) is 11.1 Å². The Kier molecular flexibility index (Phi) is 2.44. The zero-order valence-corrected chi connectivity index (χ0v) is 6.42. The minimum absolute atomic E-state index is 0.0732. The van der Waals surface area contributed by atoms with Crippen LogP contribution in [0.3, 0.4) is 0 Å². The average Bonchev–Trinajstić information content (AvgIpc) is 1.99. The summed E-state index contributed by atoms with van der Waals surface area (Å²) >= 11 is 0. The van der Waals surface area contributed by atoms with Crippen molar-refractivity contribution in [2.24, 2.45) is 0 Å². The predicted molar refractivity (Wildman–Crippen MR) is 42.6 cm³/mol. The Hall–Kier alpha value is -1.09. The summed E-state index contributed by atoms with van der Waals surface area (Å²) in [6.45, 7) is 1.84. The van der Waals surface area contributed by atoms with E-state index in [1.54, 1.807) is 13.1 Å². The van der Waals surface area contributed by atoms with E-state index < -0.39 is 0 Å². The van der Waals surface area contributed by atoms with Gasteiger partial charge in [0.2, 0.25) is 0 Å². The molecule has 1 heterocycles. The van der Waals surface area contributed by atoms with Gasteiger partial charge in [-0.2, -0.15) is 0 Å². The van der Waals surface area contributed by atoms with E-state index in [4.69, 9.17) is 5.11 Å². The molecule has 0 bridgehead atoms. The second kappa shape index (κ2) is 3.34. The molecule has 0 spiro atoms. The van der Waals surface area contributed by atoms with Gasteiger partial charge >= 0.3 is 0 Å². The molecule has 1 aromatic rings. The van der Waals surface area contributed by atoms with Crippen molar-refractivity contribution in [2.45, 2.75) is 13.3 Å². The fourth-order valence-electron chi connectivity index (χ4n) is 0.988. The molecule has 3 nitrogen and oxygen atoms in total. The number of aliphatic hydroxyl groups excluding tert-OH is 1. The Morgan fingerprint density at radius 2 is 2.36 bits per heavy atom. The van der Waals surface area contributed by atoms with Crippen LogP contribution in [-0.4, -0.2) is 16.7 Å². The van der Waals surface area contributed by atoms with E-state index in [1.165, 1.54) is 0 Å². The zero-order valence-electron chi connectivity index (χ0n) is 6.42.